The molecule has 0 aliphatic heterocycles. The van der Waals surface area contributed by atoms with E-state index in [-0.39, 0.29) is 23.2 Å². The second kappa shape index (κ2) is 7.43. The minimum Gasteiger partial charge on any atom is -0.349 e. The zero-order valence-electron chi connectivity index (χ0n) is 15.5. The van der Waals surface area contributed by atoms with E-state index in [0.29, 0.717) is 11.3 Å². The van der Waals surface area contributed by atoms with Gasteiger partial charge in [0.2, 0.25) is 5.91 Å². The van der Waals surface area contributed by atoms with E-state index in [4.69, 9.17) is 5.26 Å². The zero-order valence-corrected chi connectivity index (χ0v) is 15.5. The number of hydrogen-bond donors (Lipinski definition) is 2. The lowest BCUT2D eigenvalue weighted by atomic mass is 10.0. The zero-order chi connectivity index (χ0) is 21.3. The van der Waals surface area contributed by atoms with E-state index < -0.39 is 29.2 Å². The van der Waals surface area contributed by atoms with Gasteiger partial charge in [-0.05, 0) is 31.5 Å². The highest BCUT2D eigenvalue weighted by atomic mass is 19.4. The lowest BCUT2D eigenvalue weighted by Crippen LogP contribution is -2.32. The Bertz CT molecular complexity index is 1190. The summed E-state index contributed by atoms with van der Waals surface area (Å²) in [6.45, 7) is 3.10. The van der Waals surface area contributed by atoms with Crippen LogP contribution in [0.1, 0.15) is 40.9 Å². The minimum atomic E-state index is -4.48. The lowest BCUT2D eigenvalue weighted by Gasteiger charge is -2.16. The maximum atomic E-state index is 12.9. The average molecular weight is 403 g/mol. The molecule has 0 fully saturated rings. The van der Waals surface area contributed by atoms with E-state index >= 15 is 0 Å². The third-order valence-corrected chi connectivity index (χ3v) is 4.51. The molecule has 29 heavy (non-hydrogen) atoms. The number of alkyl halides is 3. The van der Waals surface area contributed by atoms with Crippen LogP contribution in [0.5, 0.6) is 0 Å². The van der Waals surface area contributed by atoms with Crippen molar-refractivity contribution < 1.29 is 18.0 Å². The number of carbonyl (C=O) groups excluding carboxylic acids is 1. The van der Waals surface area contributed by atoms with Gasteiger partial charge in [0.05, 0.1) is 18.0 Å². The first-order valence-corrected chi connectivity index (χ1v) is 8.58. The highest BCUT2D eigenvalue weighted by molar-refractivity contribution is 5.79. The molecule has 7 nitrogen and oxygen atoms in total. The van der Waals surface area contributed by atoms with E-state index in [1.165, 1.54) is 18.3 Å². The number of amides is 1. The fraction of sp³-hybridized carbons (Fsp3) is 0.263. The van der Waals surface area contributed by atoms with Gasteiger partial charge in [-0.3, -0.25) is 14.7 Å². The fourth-order valence-corrected chi connectivity index (χ4v) is 2.96. The SMILES string of the molecule is Cc1nc2c(C#N)c[nH]n2c(=O)c1CC(=O)N[C@@H](C)c1cccc(C(F)(F)F)c1. The number of nitriles is 1. The summed E-state index contributed by atoms with van der Waals surface area (Å²) in [5, 5.41) is 14.3. The van der Waals surface area contributed by atoms with Gasteiger partial charge in [-0.25, -0.2) is 9.50 Å². The molecule has 10 heteroatoms. The minimum absolute atomic E-state index is 0.127. The molecule has 0 radical (unpaired) electrons. The van der Waals surface area contributed by atoms with Gasteiger partial charge in [-0.15, -0.1) is 0 Å². The third-order valence-electron chi connectivity index (χ3n) is 4.51. The molecule has 0 spiro atoms. The summed E-state index contributed by atoms with van der Waals surface area (Å²) in [6, 6.07) is 5.90. The summed E-state index contributed by atoms with van der Waals surface area (Å²) >= 11 is 0. The highest BCUT2D eigenvalue weighted by Gasteiger charge is 2.30. The molecule has 2 heterocycles. The van der Waals surface area contributed by atoms with Crippen molar-refractivity contribution in [2.45, 2.75) is 32.5 Å². The number of aromatic amines is 1. The van der Waals surface area contributed by atoms with Crippen molar-refractivity contribution in [1.82, 2.24) is 19.9 Å². The smallest absolute Gasteiger partial charge is 0.349 e. The second-order valence-corrected chi connectivity index (χ2v) is 6.53. The molecule has 3 aromatic rings. The van der Waals surface area contributed by atoms with Crippen LogP contribution in [-0.4, -0.2) is 20.5 Å². The number of aryl methyl sites for hydroxylation is 1. The van der Waals surface area contributed by atoms with Gasteiger partial charge in [0.25, 0.3) is 5.56 Å². The molecule has 3 rings (SSSR count). The van der Waals surface area contributed by atoms with E-state index in [1.807, 2.05) is 6.07 Å². The standard InChI is InChI=1S/C19H16F3N5O2/c1-10(12-4-3-5-14(6-12)19(20,21)22)25-16(28)7-15-11(2)26-17-13(8-23)9-24-27(17)18(15)29/h3-6,9-10,24H,7H2,1-2H3,(H,25,28)/t10-/m0/s1. The molecule has 0 aliphatic carbocycles. The Morgan fingerprint density at radius 1 is 1.41 bits per heavy atom. The quantitative estimate of drug-likeness (QED) is 0.699. The first kappa shape index (κ1) is 20.1. The molecule has 2 aromatic heterocycles. The molecule has 1 atom stereocenters. The monoisotopic (exact) mass is 403 g/mol. The van der Waals surface area contributed by atoms with Crippen molar-refractivity contribution in [2.24, 2.45) is 0 Å². The predicted molar refractivity (Wildman–Crippen MR) is 97.0 cm³/mol. The number of benzene rings is 1. The van der Waals surface area contributed by atoms with Crippen molar-refractivity contribution in [3.63, 3.8) is 0 Å². The number of H-pyrrole nitrogens is 1. The van der Waals surface area contributed by atoms with Crippen LogP contribution in [0.3, 0.4) is 0 Å². The van der Waals surface area contributed by atoms with Gasteiger partial charge in [-0.2, -0.15) is 18.4 Å². The molecule has 0 aliphatic rings. The Morgan fingerprint density at radius 2 is 2.14 bits per heavy atom. The summed E-state index contributed by atoms with van der Waals surface area (Å²) in [5.74, 6) is -0.538. The number of nitrogens with one attached hydrogen (secondary N) is 2. The van der Waals surface area contributed by atoms with Crippen molar-refractivity contribution in [1.29, 1.82) is 5.26 Å². The number of aromatic nitrogens is 3. The maximum absolute atomic E-state index is 12.9. The molecule has 1 aromatic carbocycles. The van der Waals surface area contributed by atoms with Gasteiger partial charge < -0.3 is 5.32 Å². The van der Waals surface area contributed by atoms with E-state index in [2.05, 4.69) is 15.4 Å². The van der Waals surface area contributed by atoms with Crippen molar-refractivity contribution in [2.75, 3.05) is 0 Å². The van der Waals surface area contributed by atoms with Crippen molar-refractivity contribution in [3.8, 4) is 6.07 Å². The molecule has 0 unspecified atom stereocenters. The summed E-state index contributed by atoms with van der Waals surface area (Å²) < 4.78 is 39.7. The van der Waals surface area contributed by atoms with Crippen LogP contribution in [0.4, 0.5) is 13.2 Å². The summed E-state index contributed by atoms with van der Waals surface area (Å²) in [5.41, 5.74) is -0.250. The van der Waals surface area contributed by atoms with Crippen LogP contribution in [0.2, 0.25) is 0 Å². The molecular formula is C19H16F3N5O2. The molecule has 1 amide bonds. The summed E-state index contributed by atoms with van der Waals surface area (Å²) in [7, 11) is 0. The fourth-order valence-electron chi connectivity index (χ4n) is 2.96. The molecule has 0 saturated heterocycles. The largest absolute Gasteiger partial charge is 0.416 e. The number of halogens is 3. The van der Waals surface area contributed by atoms with E-state index in [0.717, 1.165) is 16.6 Å². The molecule has 150 valence electrons. The maximum Gasteiger partial charge on any atom is 0.416 e. The van der Waals surface area contributed by atoms with Crippen LogP contribution >= 0.6 is 0 Å². The number of nitrogens with zero attached hydrogens (tertiary/aromatic N) is 3. The van der Waals surface area contributed by atoms with Gasteiger partial charge in [0, 0.05) is 17.5 Å². The van der Waals surface area contributed by atoms with Crippen molar-refractivity contribution >= 4 is 11.6 Å². The topological polar surface area (TPSA) is 103 Å². The van der Waals surface area contributed by atoms with Crippen LogP contribution < -0.4 is 10.9 Å². The first-order valence-electron chi connectivity index (χ1n) is 8.58. The van der Waals surface area contributed by atoms with Gasteiger partial charge >= 0.3 is 6.18 Å². The van der Waals surface area contributed by atoms with Crippen LogP contribution in [0.15, 0.2) is 35.3 Å². The first-order chi connectivity index (χ1) is 13.6. The Labute approximate surface area is 162 Å². The molecule has 0 bridgehead atoms. The number of hydrogen-bond acceptors (Lipinski definition) is 4. The summed E-state index contributed by atoms with van der Waals surface area (Å²) in [4.78, 5) is 29.2. The van der Waals surface area contributed by atoms with E-state index in [1.54, 1.807) is 13.8 Å². The third kappa shape index (κ3) is 3.99. The molecule has 0 saturated carbocycles. The Balaban J connectivity index is 1.81. The second-order valence-electron chi connectivity index (χ2n) is 6.53. The van der Waals surface area contributed by atoms with Crippen LogP contribution in [-0.2, 0) is 17.4 Å². The molecular weight excluding hydrogens is 387 g/mol. The van der Waals surface area contributed by atoms with Gasteiger partial charge in [-0.1, -0.05) is 12.1 Å². The Hall–Kier alpha value is -3.61. The normalized spacial score (nSPS) is 12.6. The number of carbonyl (C=O) groups is 1. The summed E-state index contributed by atoms with van der Waals surface area (Å²) in [6.07, 6.45) is -3.45. The lowest BCUT2D eigenvalue weighted by molar-refractivity contribution is -0.137. The average Bonchev–Trinajstić information content (AvgIpc) is 3.07. The Morgan fingerprint density at radius 3 is 2.79 bits per heavy atom. The Kier molecular flexibility index (Phi) is 5.16. The van der Waals surface area contributed by atoms with Gasteiger partial charge in [0.1, 0.15) is 11.6 Å². The molecule has 2 N–H and O–H groups in total. The van der Waals surface area contributed by atoms with E-state index in [9.17, 15) is 22.8 Å². The number of rotatable bonds is 4. The van der Waals surface area contributed by atoms with Crippen LogP contribution in [0.25, 0.3) is 5.65 Å². The highest BCUT2D eigenvalue weighted by Crippen LogP contribution is 2.30. The predicted octanol–water partition coefficient (Wildman–Crippen LogP) is 2.64. The van der Waals surface area contributed by atoms with Crippen molar-refractivity contribution in [3.05, 3.63) is 68.8 Å². The van der Waals surface area contributed by atoms with Crippen LogP contribution in [0, 0.1) is 18.3 Å². The number of fused-ring (bicyclic) bond motifs is 1. The van der Waals surface area contributed by atoms with Gasteiger partial charge in [0.15, 0.2) is 5.65 Å².